The van der Waals surface area contributed by atoms with E-state index in [9.17, 15) is 4.79 Å². The number of nitrogens with one attached hydrogen (secondary N) is 2. The molecule has 0 saturated carbocycles. The lowest BCUT2D eigenvalue weighted by atomic mass is 10.1. The molecule has 0 spiro atoms. The summed E-state index contributed by atoms with van der Waals surface area (Å²) in [6.07, 6.45) is 6.92. The van der Waals surface area contributed by atoms with Crippen LogP contribution in [0.2, 0.25) is 0 Å². The van der Waals surface area contributed by atoms with Crippen LogP contribution >= 0.6 is 11.8 Å². The topological polar surface area (TPSA) is 41.1 Å². The van der Waals surface area contributed by atoms with E-state index in [1.165, 1.54) is 25.0 Å². The number of unbranched alkanes of at least 4 members (excludes halogenated alkanes) is 3. The Morgan fingerprint density at radius 1 is 1.15 bits per heavy atom. The lowest BCUT2D eigenvalue weighted by molar-refractivity contribution is 0.0953. The van der Waals surface area contributed by atoms with Crippen LogP contribution in [0.25, 0.3) is 0 Å². The average molecular weight is 294 g/mol. The molecule has 0 unspecified atom stereocenters. The molecule has 0 atom stereocenters. The molecule has 0 aromatic heterocycles. The summed E-state index contributed by atoms with van der Waals surface area (Å²) in [5.74, 6) is 1.26. The number of rotatable bonds is 10. The fraction of sp³-hybridized carbons (Fsp3) is 0.562. The second-order valence-corrected chi connectivity index (χ2v) is 5.72. The highest BCUT2D eigenvalue weighted by Crippen LogP contribution is 2.14. The van der Waals surface area contributed by atoms with E-state index in [0.717, 1.165) is 30.8 Å². The largest absolute Gasteiger partial charge is 0.385 e. The first-order chi connectivity index (χ1) is 9.79. The maximum absolute atomic E-state index is 12.1. The molecule has 0 aliphatic heterocycles. The molecular weight excluding hydrogens is 268 g/mol. The Kier molecular flexibility index (Phi) is 8.96. The summed E-state index contributed by atoms with van der Waals surface area (Å²) in [5.41, 5.74) is 1.64. The van der Waals surface area contributed by atoms with E-state index in [1.807, 2.05) is 43.0 Å². The van der Waals surface area contributed by atoms with Gasteiger partial charge in [-0.3, -0.25) is 4.79 Å². The van der Waals surface area contributed by atoms with Crippen molar-refractivity contribution in [3.63, 3.8) is 0 Å². The third-order valence-electron chi connectivity index (χ3n) is 3.10. The lowest BCUT2D eigenvalue weighted by Crippen LogP contribution is -2.25. The summed E-state index contributed by atoms with van der Waals surface area (Å²) in [7, 11) is 0. The molecule has 0 radical (unpaired) electrons. The van der Waals surface area contributed by atoms with Crippen LogP contribution in [0.5, 0.6) is 0 Å². The van der Waals surface area contributed by atoms with Crippen LogP contribution in [0, 0.1) is 0 Å². The van der Waals surface area contributed by atoms with Crippen LogP contribution < -0.4 is 10.6 Å². The van der Waals surface area contributed by atoms with Crippen LogP contribution in [0.3, 0.4) is 0 Å². The Labute approximate surface area is 126 Å². The fourth-order valence-electron chi connectivity index (χ4n) is 2.05. The van der Waals surface area contributed by atoms with Crippen molar-refractivity contribution in [2.75, 3.05) is 30.4 Å². The van der Waals surface area contributed by atoms with Gasteiger partial charge in [-0.15, -0.1) is 0 Å². The van der Waals surface area contributed by atoms with Crippen LogP contribution in [0.15, 0.2) is 24.3 Å². The van der Waals surface area contributed by atoms with E-state index >= 15 is 0 Å². The lowest BCUT2D eigenvalue weighted by Gasteiger charge is -2.10. The van der Waals surface area contributed by atoms with E-state index in [1.54, 1.807) is 0 Å². The highest BCUT2D eigenvalue weighted by atomic mass is 32.2. The first-order valence-electron chi connectivity index (χ1n) is 7.39. The Hall–Kier alpha value is -1.16. The maximum Gasteiger partial charge on any atom is 0.253 e. The normalized spacial score (nSPS) is 10.3. The van der Waals surface area contributed by atoms with Gasteiger partial charge in [-0.05, 0) is 43.9 Å². The Balaban J connectivity index is 2.29. The van der Waals surface area contributed by atoms with Gasteiger partial charge in [-0.25, -0.2) is 0 Å². The van der Waals surface area contributed by atoms with Crippen molar-refractivity contribution in [3.8, 4) is 0 Å². The van der Waals surface area contributed by atoms with Gasteiger partial charge in [-0.2, -0.15) is 11.8 Å². The third kappa shape index (κ3) is 6.33. The predicted molar refractivity (Wildman–Crippen MR) is 89.8 cm³/mol. The van der Waals surface area contributed by atoms with Crippen LogP contribution in [-0.2, 0) is 0 Å². The molecule has 112 valence electrons. The molecule has 0 aliphatic carbocycles. The zero-order valence-electron chi connectivity index (χ0n) is 12.6. The van der Waals surface area contributed by atoms with E-state index in [2.05, 4.69) is 16.9 Å². The molecule has 0 bridgehead atoms. The van der Waals surface area contributed by atoms with Crippen molar-refractivity contribution in [1.29, 1.82) is 0 Å². The summed E-state index contributed by atoms with van der Waals surface area (Å²) in [6, 6.07) is 7.66. The van der Waals surface area contributed by atoms with E-state index in [0.29, 0.717) is 0 Å². The number of hydrogen-bond acceptors (Lipinski definition) is 3. The molecule has 0 aliphatic rings. The summed E-state index contributed by atoms with van der Waals surface area (Å²) >= 11 is 1.90. The minimum atomic E-state index is 0.0191. The van der Waals surface area contributed by atoms with E-state index < -0.39 is 0 Å². The fourth-order valence-corrected chi connectivity index (χ4v) is 2.54. The standard InChI is InChI=1S/C16H26N2OS/c1-3-17-15-11-7-6-10-14(15)16(19)18-12-8-4-5-9-13-20-2/h6-7,10-11,17H,3-5,8-9,12-13H2,1-2H3,(H,18,19). The first kappa shape index (κ1) is 16.9. The van der Waals surface area contributed by atoms with Gasteiger partial charge in [0.25, 0.3) is 5.91 Å². The van der Waals surface area contributed by atoms with Gasteiger partial charge in [0.15, 0.2) is 0 Å². The van der Waals surface area contributed by atoms with Crippen molar-refractivity contribution in [1.82, 2.24) is 5.32 Å². The summed E-state index contributed by atoms with van der Waals surface area (Å²) in [5, 5.41) is 6.22. The third-order valence-corrected chi connectivity index (χ3v) is 3.80. The van der Waals surface area contributed by atoms with Crippen molar-refractivity contribution in [2.24, 2.45) is 0 Å². The monoisotopic (exact) mass is 294 g/mol. The van der Waals surface area contributed by atoms with Gasteiger partial charge < -0.3 is 10.6 Å². The maximum atomic E-state index is 12.1. The summed E-state index contributed by atoms with van der Waals surface area (Å²) < 4.78 is 0. The smallest absolute Gasteiger partial charge is 0.253 e. The van der Waals surface area contributed by atoms with Gasteiger partial charge in [-0.1, -0.05) is 25.0 Å². The molecule has 20 heavy (non-hydrogen) atoms. The second kappa shape index (κ2) is 10.6. The Bertz CT molecular complexity index is 396. The number of para-hydroxylation sites is 1. The zero-order valence-corrected chi connectivity index (χ0v) is 13.4. The molecular formula is C16H26N2OS. The highest BCUT2D eigenvalue weighted by molar-refractivity contribution is 7.98. The molecule has 1 aromatic carbocycles. The molecule has 0 heterocycles. The van der Waals surface area contributed by atoms with Gasteiger partial charge in [0, 0.05) is 18.8 Å². The zero-order chi connectivity index (χ0) is 14.6. The number of carbonyl (C=O) groups is 1. The number of carbonyl (C=O) groups excluding carboxylic acids is 1. The van der Waals surface area contributed by atoms with Gasteiger partial charge in [0.1, 0.15) is 0 Å². The molecule has 4 heteroatoms. The highest BCUT2D eigenvalue weighted by Gasteiger charge is 2.09. The predicted octanol–water partition coefficient (Wildman–Crippen LogP) is 3.77. The number of amides is 1. The van der Waals surface area contributed by atoms with Gasteiger partial charge in [0.05, 0.1) is 5.56 Å². The first-order valence-corrected chi connectivity index (χ1v) is 8.79. The Morgan fingerprint density at radius 3 is 2.65 bits per heavy atom. The minimum Gasteiger partial charge on any atom is -0.385 e. The molecule has 2 N–H and O–H groups in total. The molecule has 0 fully saturated rings. The number of benzene rings is 1. The van der Waals surface area contributed by atoms with Crippen LogP contribution in [0.1, 0.15) is 43.0 Å². The van der Waals surface area contributed by atoms with Crippen LogP contribution in [0.4, 0.5) is 5.69 Å². The number of hydrogen-bond donors (Lipinski definition) is 2. The molecule has 1 rings (SSSR count). The van der Waals surface area contributed by atoms with E-state index in [-0.39, 0.29) is 5.91 Å². The quantitative estimate of drug-likeness (QED) is 0.645. The Morgan fingerprint density at radius 2 is 1.90 bits per heavy atom. The van der Waals surface area contributed by atoms with Crippen molar-refractivity contribution in [2.45, 2.75) is 32.6 Å². The number of thioether (sulfide) groups is 1. The minimum absolute atomic E-state index is 0.0191. The van der Waals surface area contributed by atoms with Gasteiger partial charge >= 0.3 is 0 Å². The summed E-state index contributed by atoms with van der Waals surface area (Å²) in [4.78, 5) is 12.1. The van der Waals surface area contributed by atoms with Gasteiger partial charge in [0.2, 0.25) is 0 Å². The molecule has 1 aromatic rings. The number of anilines is 1. The van der Waals surface area contributed by atoms with E-state index in [4.69, 9.17) is 0 Å². The summed E-state index contributed by atoms with van der Waals surface area (Å²) in [6.45, 7) is 3.61. The SMILES string of the molecule is CCNc1ccccc1C(=O)NCCCCCCSC. The average Bonchev–Trinajstić information content (AvgIpc) is 2.47. The van der Waals surface area contributed by atoms with Crippen LogP contribution in [-0.4, -0.2) is 31.0 Å². The molecule has 0 saturated heterocycles. The van der Waals surface area contributed by atoms with Crippen molar-refractivity contribution in [3.05, 3.63) is 29.8 Å². The molecule has 3 nitrogen and oxygen atoms in total. The second-order valence-electron chi connectivity index (χ2n) is 4.74. The molecule has 1 amide bonds. The van der Waals surface area contributed by atoms with Crippen molar-refractivity contribution < 1.29 is 4.79 Å². The van der Waals surface area contributed by atoms with Crippen molar-refractivity contribution >= 4 is 23.4 Å².